The maximum Gasteiger partial charge on any atom is 0.0467 e. The van der Waals surface area contributed by atoms with Crippen molar-refractivity contribution in [1.29, 1.82) is 0 Å². The van der Waals surface area contributed by atoms with Crippen LogP contribution in [0.5, 0.6) is 0 Å². The molecule has 0 amide bonds. The van der Waals surface area contributed by atoms with E-state index >= 15 is 0 Å². The number of fused-ring (bicyclic) bond motifs is 7. The minimum absolute atomic E-state index is 0.0882. The molecule has 0 saturated carbocycles. The van der Waals surface area contributed by atoms with Crippen LogP contribution in [0.2, 0.25) is 0 Å². The molecule has 0 N–H and O–H groups in total. The Morgan fingerprint density at radius 2 is 0.712 bits per heavy atom. The third-order valence-electron chi connectivity index (χ3n) is 13.2. The van der Waals surface area contributed by atoms with Crippen LogP contribution in [0.3, 0.4) is 0 Å². The largest absolute Gasteiger partial charge is 0.310 e. The first kappa shape index (κ1) is 35.2. The van der Waals surface area contributed by atoms with Crippen LogP contribution >= 0.6 is 0 Å². The summed E-state index contributed by atoms with van der Waals surface area (Å²) in [7, 11) is 0. The first-order valence-electron chi connectivity index (χ1n) is 20.8. The Morgan fingerprint density at radius 3 is 1.27 bits per heavy atom. The highest BCUT2D eigenvalue weighted by atomic mass is 15.1. The van der Waals surface area contributed by atoms with Crippen molar-refractivity contribution >= 4 is 27.8 Å². The van der Waals surface area contributed by atoms with Gasteiger partial charge in [-0.15, -0.1) is 0 Å². The number of rotatable bonds is 6. The van der Waals surface area contributed by atoms with Crippen molar-refractivity contribution in [2.75, 3.05) is 4.90 Å². The van der Waals surface area contributed by atoms with Crippen molar-refractivity contribution in [1.82, 2.24) is 0 Å². The second-order valence-corrected chi connectivity index (χ2v) is 17.3. The average molecular weight is 756 g/mol. The Kier molecular flexibility index (Phi) is 7.94. The predicted molar refractivity (Wildman–Crippen MR) is 250 cm³/mol. The van der Waals surface area contributed by atoms with Crippen LogP contribution < -0.4 is 4.90 Å². The predicted octanol–water partition coefficient (Wildman–Crippen LogP) is 15.9. The monoisotopic (exact) mass is 755 g/mol. The Morgan fingerprint density at radius 1 is 0.288 bits per heavy atom. The molecule has 1 nitrogen and oxygen atoms in total. The van der Waals surface area contributed by atoms with Gasteiger partial charge in [0.1, 0.15) is 0 Å². The molecular weight excluding hydrogens is 711 g/mol. The van der Waals surface area contributed by atoms with Crippen molar-refractivity contribution in [3.8, 4) is 55.6 Å². The SMILES string of the molecule is CC1(C)c2ccccc2-c2cccc(-c3ccc(N(c4ccc(-c5cccc6c5C(C)(C)c5ccccc5-6)cc4)c4cccc(-c5ccc6ccccc6c5)c4)cc3)c21. The van der Waals surface area contributed by atoms with E-state index in [2.05, 4.69) is 233 Å². The summed E-state index contributed by atoms with van der Waals surface area (Å²) < 4.78 is 0. The summed E-state index contributed by atoms with van der Waals surface area (Å²) in [6, 6.07) is 74.2. The summed E-state index contributed by atoms with van der Waals surface area (Å²) >= 11 is 0. The average Bonchev–Trinajstić information content (AvgIpc) is 3.67. The van der Waals surface area contributed by atoms with Crippen LogP contribution in [-0.2, 0) is 10.8 Å². The van der Waals surface area contributed by atoms with Crippen molar-refractivity contribution < 1.29 is 0 Å². The summed E-state index contributed by atoms with van der Waals surface area (Å²) in [5.74, 6) is 0. The van der Waals surface area contributed by atoms with Gasteiger partial charge in [0.15, 0.2) is 0 Å². The molecule has 0 spiro atoms. The Bertz CT molecular complexity index is 2940. The lowest BCUT2D eigenvalue weighted by atomic mass is 9.79. The minimum atomic E-state index is -0.0882. The van der Waals surface area contributed by atoms with Crippen molar-refractivity contribution in [3.05, 3.63) is 222 Å². The maximum absolute atomic E-state index is 2.41. The van der Waals surface area contributed by atoms with E-state index in [1.807, 2.05) is 0 Å². The topological polar surface area (TPSA) is 3.24 Å². The quantitative estimate of drug-likeness (QED) is 0.163. The van der Waals surface area contributed by atoms with Gasteiger partial charge in [-0.1, -0.05) is 185 Å². The summed E-state index contributed by atoms with van der Waals surface area (Å²) in [5.41, 5.74) is 21.6. The Balaban J connectivity index is 1.02. The summed E-state index contributed by atoms with van der Waals surface area (Å²) in [6.07, 6.45) is 0. The molecule has 0 aromatic heterocycles. The van der Waals surface area contributed by atoms with Crippen LogP contribution in [0, 0.1) is 0 Å². The van der Waals surface area contributed by atoms with Crippen molar-refractivity contribution in [3.63, 3.8) is 0 Å². The van der Waals surface area contributed by atoms with E-state index < -0.39 is 0 Å². The normalized spacial score (nSPS) is 14.0. The van der Waals surface area contributed by atoms with Crippen LogP contribution in [0.1, 0.15) is 49.9 Å². The Hall–Kier alpha value is -6.96. The number of hydrogen-bond acceptors (Lipinski definition) is 1. The van der Waals surface area contributed by atoms with Gasteiger partial charge in [0, 0.05) is 27.9 Å². The molecule has 0 radical (unpaired) electrons. The number of anilines is 3. The van der Waals surface area contributed by atoms with Gasteiger partial charge in [0.05, 0.1) is 0 Å². The van der Waals surface area contributed by atoms with E-state index in [0.717, 1.165) is 17.1 Å². The second kappa shape index (κ2) is 13.3. The molecule has 0 aliphatic heterocycles. The van der Waals surface area contributed by atoms with E-state index in [4.69, 9.17) is 0 Å². The van der Waals surface area contributed by atoms with E-state index in [0.29, 0.717) is 0 Å². The zero-order valence-electron chi connectivity index (χ0n) is 34.0. The highest BCUT2D eigenvalue weighted by Crippen LogP contribution is 2.54. The molecule has 9 aromatic carbocycles. The number of nitrogens with zero attached hydrogens (tertiary/aromatic N) is 1. The molecule has 0 saturated heterocycles. The first-order valence-corrected chi connectivity index (χ1v) is 20.8. The standard InChI is InChI=1S/C58H45N/c1-57(2)53-24-9-7-18-49(53)51-22-12-20-47(55(51)57)39-28-32-44(33-29-39)59(46-17-11-16-42(37-46)43-27-26-38-14-5-6-15-41(38)36-43)45-34-30-40(31-35-45)48-21-13-23-52-50-19-8-10-25-54(50)58(3,4)56(48)52/h5-37H,1-4H3. The van der Waals surface area contributed by atoms with Crippen LogP contribution in [0.25, 0.3) is 66.4 Å². The van der Waals surface area contributed by atoms with Gasteiger partial charge in [-0.05, 0) is 131 Å². The zero-order valence-corrected chi connectivity index (χ0v) is 34.0. The zero-order chi connectivity index (χ0) is 39.9. The lowest BCUT2D eigenvalue weighted by Gasteiger charge is -2.28. The third kappa shape index (κ3) is 5.53. The maximum atomic E-state index is 2.41. The van der Waals surface area contributed by atoms with Gasteiger partial charge >= 0.3 is 0 Å². The van der Waals surface area contributed by atoms with Gasteiger partial charge in [-0.2, -0.15) is 0 Å². The molecule has 0 fully saturated rings. The second-order valence-electron chi connectivity index (χ2n) is 17.3. The molecule has 1 heteroatoms. The summed E-state index contributed by atoms with van der Waals surface area (Å²) in [4.78, 5) is 2.41. The van der Waals surface area contributed by atoms with E-state index in [9.17, 15) is 0 Å². The molecule has 0 bridgehead atoms. The molecular formula is C58H45N. The molecule has 0 unspecified atom stereocenters. The van der Waals surface area contributed by atoms with Gasteiger partial charge in [-0.3, -0.25) is 0 Å². The highest BCUT2D eigenvalue weighted by Gasteiger charge is 2.38. The molecule has 9 aromatic rings. The van der Waals surface area contributed by atoms with Crippen LogP contribution in [0.15, 0.2) is 200 Å². The fourth-order valence-corrected chi connectivity index (χ4v) is 10.4. The fraction of sp³-hybridized carbons (Fsp3) is 0.103. The van der Waals surface area contributed by atoms with Crippen LogP contribution in [-0.4, -0.2) is 0 Å². The molecule has 11 rings (SSSR count). The van der Waals surface area contributed by atoms with E-state index in [1.165, 1.54) is 88.7 Å². The number of hydrogen-bond donors (Lipinski definition) is 0. The smallest absolute Gasteiger partial charge is 0.0467 e. The van der Waals surface area contributed by atoms with Gasteiger partial charge < -0.3 is 4.90 Å². The molecule has 2 aliphatic carbocycles. The lowest BCUT2D eigenvalue weighted by molar-refractivity contribution is 0.662. The lowest BCUT2D eigenvalue weighted by Crippen LogP contribution is -2.16. The van der Waals surface area contributed by atoms with Gasteiger partial charge in [-0.25, -0.2) is 0 Å². The number of benzene rings is 9. The first-order chi connectivity index (χ1) is 28.8. The summed E-state index contributed by atoms with van der Waals surface area (Å²) in [6.45, 7) is 9.47. The van der Waals surface area contributed by atoms with Gasteiger partial charge in [0.2, 0.25) is 0 Å². The van der Waals surface area contributed by atoms with Crippen LogP contribution in [0.4, 0.5) is 17.1 Å². The summed E-state index contributed by atoms with van der Waals surface area (Å²) in [5, 5.41) is 2.50. The van der Waals surface area contributed by atoms with E-state index in [1.54, 1.807) is 0 Å². The van der Waals surface area contributed by atoms with Gasteiger partial charge in [0.25, 0.3) is 0 Å². The van der Waals surface area contributed by atoms with Crippen molar-refractivity contribution in [2.24, 2.45) is 0 Å². The molecule has 2 aliphatic rings. The molecule has 282 valence electrons. The fourth-order valence-electron chi connectivity index (χ4n) is 10.4. The molecule has 59 heavy (non-hydrogen) atoms. The minimum Gasteiger partial charge on any atom is -0.310 e. The van der Waals surface area contributed by atoms with Crippen molar-refractivity contribution in [2.45, 2.75) is 38.5 Å². The Labute approximate surface area is 347 Å². The van der Waals surface area contributed by atoms with E-state index in [-0.39, 0.29) is 10.8 Å². The molecule has 0 heterocycles. The highest BCUT2D eigenvalue weighted by molar-refractivity contribution is 5.92. The third-order valence-corrected chi connectivity index (χ3v) is 13.2. The molecule has 0 atom stereocenters.